The molecule has 1 fully saturated rings. The molecule has 0 unspecified atom stereocenters. The van der Waals surface area contributed by atoms with Crippen LogP contribution in [0.15, 0.2) is 24.3 Å². The SMILES string of the molecule is CCNc1cc(-c2cc(Cl)cc(Cl)c2)nc(C2CC2)n1. The third-order valence-corrected chi connectivity index (χ3v) is 3.64. The van der Waals surface area contributed by atoms with Crippen LogP contribution in [0.2, 0.25) is 10.0 Å². The van der Waals surface area contributed by atoms with Gasteiger partial charge in [0.2, 0.25) is 0 Å². The summed E-state index contributed by atoms with van der Waals surface area (Å²) < 4.78 is 0. The van der Waals surface area contributed by atoms with Gasteiger partial charge in [-0.3, -0.25) is 0 Å². The number of nitrogens with one attached hydrogen (secondary N) is 1. The summed E-state index contributed by atoms with van der Waals surface area (Å²) in [7, 11) is 0. The van der Waals surface area contributed by atoms with Gasteiger partial charge in [0.1, 0.15) is 11.6 Å². The number of anilines is 1. The zero-order valence-corrected chi connectivity index (χ0v) is 12.7. The van der Waals surface area contributed by atoms with Crippen molar-refractivity contribution >= 4 is 29.0 Å². The Balaban J connectivity index is 2.06. The maximum atomic E-state index is 6.07. The van der Waals surface area contributed by atoms with Crippen molar-refractivity contribution in [1.82, 2.24) is 9.97 Å². The van der Waals surface area contributed by atoms with E-state index in [1.165, 1.54) is 12.8 Å². The standard InChI is InChI=1S/C15H15Cl2N3/c1-2-18-14-8-13(19-15(20-14)9-3-4-9)10-5-11(16)7-12(17)6-10/h5-9H,2-4H2,1H3,(H,18,19,20). The van der Waals surface area contributed by atoms with Gasteiger partial charge in [0.15, 0.2) is 0 Å². The van der Waals surface area contributed by atoms with Crippen molar-refractivity contribution in [3.63, 3.8) is 0 Å². The Bertz CT molecular complexity index is 619. The lowest BCUT2D eigenvalue weighted by Crippen LogP contribution is -2.04. The molecule has 104 valence electrons. The lowest BCUT2D eigenvalue weighted by atomic mass is 10.1. The lowest BCUT2D eigenvalue weighted by Gasteiger charge is -2.09. The van der Waals surface area contributed by atoms with E-state index in [1.54, 1.807) is 6.07 Å². The first-order chi connectivity index (χ1) is 9.65. The number of aromatic nitrogens is 2. The first-order valence-electron chi connectivity index (χ1n) is 6.75. The Morgan fingerprint density at radius 3 is 2.40 bits per heavy atom. The van der Waals surface area contributed by atoms with Crippen LogP contribution in [0.3, 0.4) is 0 Å². The van der Waals surface area contributed by atoms with Crippen molar-refractivity contribution in [3.05, 3.63) is 40.1 Å². The second-order valence-electron chi connectivity index (χ2n) is 4.96. The van der Waals surface area contributed by atoms with Crippen LogP contribution in [0, 0.1) is 0 Å². The fourth-order valence-electron chi connectivity index (χ4n) is 2.11. The Labute approximate surface area is 128 Å². The summed E-state index contributed by atoms with van der Waals surface area (Å²) in [6, 6.07) is 7.42. The maximum Gasteiger partial charge on any atom is 0.134 e. The highest BCUT2D eigenvalue weighted by molar-refractivity contribution is 6.35. The van der Waals surface area contributed by atoms with E-state index in [9.17, 15) is 0 Å². The van der Waals surface area contributed by atoms with Crippen LogP contribution in [0.4, 0.5) is 5.82 Å². The van der Waals surface area contributed by atoms with E-state index >= 15 is 0 Å². The average molecular weight is 308 g/mol. The van der Waals surface area contributed by atoms with Crippen LogP contribution in [0.25, 0.3) is 11.3 Å². The molecule has 0 radical (unpaired) electrons. The van der Waals surface area contributed by atoms with Gasteiger partial charge in [-0.15, -0.1) is 0 Å². The average Bonchev–Trinajstić information content (AvgIpc) is 3.22. The summed E-state index contributed by atoms with van der Waals surface area (Å²) in [6.45, 7) is 2.88. The van der Waals surface area contributed by atoms with Gasteiger partial charge < -0.3 is 5.32 Å². The molecular formula is C15H15Cl2N3. The summed E-state index contributed by atoms with van der Waals surface area (Å²) in [4.78, 5) is 9.23. The second-order valence-corrected chi connectivity index (χ2v) is 5.83. The van der Waals surface area contributed by atoms with Crippen molar-refractivity contribution in [2.75, 3.05) is 11.9 Å². The predicted molar refractivity (Wildman–Crippen MR) is 83.6 cm³/mol. The zero-order chi connectivity index (χ0) is 14.1. The molecule has 1 aromatic heterocycles. The number of halogens is 2. The minimum absolute atomic E-state index is 0.502. The molecule has 0 bridgehead atoms. The monoisotopic (exact) mass is 307 g/mol. The summed E-state index contributed by atoms with van der Waals surface area (Å²) in [5, 5.41) is 4.48. The Hall–Kier alpha value is -1.32. The molecular weight excluding hydrogens is 293 g/mol. The molecule has 5 heteroatoms. The van der Waals surface area contributed by atoms with Crippen LogP contribution in [0.5, 0.6) is 0 Å². The van der Waals surface area contributed by atoms with E-state index in [0.717, 1.165) is 29.4 Å². The van der Waals surface area contributed by atoms with Crippen molar-refractivity contribution in [2.24, 2.45) is 0 Å². The fourth-order valence-corrected chi connectivity index (χ4v) is 2.64. The third kappa shape index (κ3) is 3.05. The summed E-state index contributed by atoms with van der Waals surface area (Å²) >= 11 is 12.1. The predicted octanol–water partition coefficient (Wildman–Crippen LogP) is 4.76. The number of benzene rings is 1. The summed E-state index contributed by atoms with van der Waals surface area (Å²) in [5.41, 5.74) is 1.79. The molecule has 0 atom stereocenters. The molecule has 1 aliphatic rings. The molecule has 3 rings (SSSR count). The van der Waals surface area contributed by atoms with E-state index < -0.39 is 0 Å². The molecule has 2 aromatic rings. The molecule has 1 aliphatic carbocycles. The first kappa shape index (κ1) is 13.7. The molecule has 0 spiro atoms. The maximum absolute atomic E-state index is 6.07. The van der Waals surface area contributed by atoms with E-state index in [1.807, 2.05) is 18.2 Å². The summed E-state index contributed by atoms with van der Waals surface area (Å²) in [6.07, 6.45) is 2.34. The Morgan fingerprint density at radius 1 is 1.10 bits per heavy atom. The van der Waals surface area contributed by atoms with Crippen molar-refractivity contribution < 1.29 is 0 Å². The van der Waals surface area contributed by atoms with E-state index in [2.05, 4.69) is 22.2 Å². The van der Waals surface area contributed by atoms with Crippen molar-refractivity contribution in [2.45, 2.75) is 25.7 Å². The molecule has 0 amide bonds. The van der Waals surface area contributed by atoms with Gasteiger partial charge in [-0.25, -0.2) is 9.97 Å². The fraction of sp³-hybridized carbons (Fsp3) is 0.333. The van der Waals surface area contributed by atoms with Crippen LogP contribution in [-0.4, -0.2) is 16.5 Å². The van der Waals surface area contributed by atoms with Crippen molar-refractivity contribution in [3.8, 4) is 11.3 Å². The van der Waals surface area contributed by atoms with Gasteiger partial charge in [-0.05, 0) is 38.0 Å². The molecule has 0 saturated heterocycles. The lowest BCUT2D eigenvalue weighted by molar-refractivity contribution is 0.927. The molecule has 1 heterocycles. The Morgan fingerprint density at radius 2 is 1.80 bits per heavy atom. The Kier molecular flexibility index (Phi) is 3.81. The van der Waals surface area contributed by atoms with Crippen LogP contribution >= 0.6 is 23.2 Å². The number of hydrogen-bond donors (Lipinski definition) is 1. The van der Waals surface area contributed by atoms with E-state index in [0.29, 0.717) is 16.0 Å². The van der Waals surface area contributed by atoms with Gasteiger partial charge in [-0.2, -0.15) is 0 Å². The normalized spacial score (nSPS) is 14.3. The van der Waals surface area contributed by atoms with Gasteiger partial charge in [-0.1, -0.05) is 23.2 Å². The number of rotatable bonds is 4. The van der Waals surface area contributed by atoms with Gasteiger partial charge in [0.25, 0.3) is 0 Å². The molecule has 1 N–H and O–H groups in total. The third-order valence-electron chi connectivity index (χ3n) is 3.20. The molecule has 0 aliphatic heterocycles. The topological polar surface area (TPSA) is 37.8 Å². The molecule has 20 heavy (non-hydrogen) atoms. The smallest absolute Gasteiger partial charge is 0.134 e. The zero-order valence-electron chi connectivity index (χ0n) is 11.2. The molecule has 1 aromatic carbocycles. The number of hydrogen-bond acceptors (Lipinski definition) is 3. The minimum Gasteiger partial charge on any atom is -0.370 e. The van der Waals surface area contributed by atoms with Gasteiger partial charge >= 0.3 is 0 Å². The first-order valence-corrected chi connectivity index (χ1v) is 7.50. The van der Waals surface area contributed by atoms with Crippen molar-refractivity contribution in [1.29, 1.82) is 0 Å². The minimum atomic E-state index is 0.502. The highest BCUT2D eigenvalue weighted by Gasteiger charge is 2.27. The quantitative estimate of drug-likeness (QED) is 0.885. The van der Waals surface area contributed by atoms with Crippen LogP contribution in [0.1, 0.15) is 31.5 Å². The van der Waals surface area contributed by atoms with Crippen LogP contribution in [-0.2, 0) is 0 Å². The highest BCUT2D eigenvalue weighted by Crippen LogP contribution is 2.39. The highest BCUT2D eigenvalue weighted by atomic mass is 35.5. The number of nitrogens with zero attached hydrogens (tertiary/aromatic N) is 2. The second kappa shape index (κ2) is 5.58. The largest absolute Gasteiger partial charge is 0.370 e. The van der Waals surface area contributed by atoms with Gasteiger partial charge in [0, 0.05) is 34.1 Å². The molecule has 1 saturated carbocycles. The summed E-state index contributed by atoms with van der Waals surface area (Å²) in [5.74, 6) is 2.27. The van der Waals surface area contributed by atoms with Gasteiger partial charge in [0.05, 0.1) is 5.69 Å². The molecule has 3 nitrogen and oxygen atoms in total. The van der Waals surface area contributed by atoms with E-state index in [4.69, 9.17) is 23.2 Å². The van der Waals surface area contributed by atoms with E-state index in [-0.39, 0.29) is 0 Å². The van der Waals surface area contributed by atoms with Crippen LogP contribution < -0.4 is 5.32 Å².